The fraction of sp³-hybridized carbons (Fsp3) is 0.636. The van der Waals surface area contributed by atoms with Gasteiger partial charge in [0.25, 0.3) is 0 Å². The highest BCUT2D eigenvalue weighted by Gasteiger charge is 2.41. The van der Waals surface area contributed by atoms with Crippen LogP contribution >= 0.6 is 0 Å². The molecule has 0 spiro atoms. The Labute approximate surface area is 204 Å². The Kier molecular flexibility index (Phi) is 11.9. The number of piperidine rings is 1. The summed E-state index contributed by atoms with van der Waals surface area (Å²) >= 11 is 0. The lowest BCUT2D eigenvalue weighted by Crippen LogP contribution is -2.42. The first-order chi connectivity index (χ1) is 16.5. The molecule has 0 aliphatic carbocycles. The first kappa shape index (κ1) is 31.4. The molecule has 206 valence electrons. The van der Waals surface area contributed by atoms with E-state index >= 15 is 0 Å². The monoisotopic (exact) mass is 532 g/mol. The maximum atomic E-state index is 10.6. The number of carboxylic acids is 2. The van der Waals surface area contributed by atoms with E-state index in [1.54, 1.807) is 7.11 Å². The zero-order valence-electron chi connectivity index (χ0n) is 20.0. The van der Waals surface area contributed by atoms with Crippen molar-refractivity contribution >= 4 is 11.9 Å². The number of nitrogens with zero attached hydrogens (tertiary/aromatic N) is 2. The summed E-state index contributed by atoms with van der Waals surface area (Å²) in [5.41, 5.74) is 1.36. The molecular weight excluding hydrogens is 502 g/mol. The quantitative estimate of drug-likeness (QED) is 0.558. The summed E-state index contributed by atoms with van der Waals surface area (Å²) in [6.45, 7) is 5.37. The molecule has 0 aromatic heterocycles. The van der Waals surface area contributed by atoms with Crippen molar-refractivity contribution in [3.05, 3.63) is 29.8 Å². The van der Waals surface area contributed by atoms with E-state index in [2.05, 4.69) is 36.0 Å². The number of ether oxygens (including phenoxy) is 2. The normalized spacial score (nSPS) is 22.0. The molecule has 0 bridgehead atoms. The molecule has 8 nitrogen and oxygen atoms in total. The van der Waals surface area contributed by atoms with Gasteiger partial charge >= 0.3 is 24.3 Å². The molecule has 14 heteroatoms. The van der Waals surface area contributed by atoms with Crippen LogP contribution in [0.2, 0.25) is 0 Å². The van der Waals surface area contributed by atoms with Crippen molar-refractivity contribution in [3.63, 3.8) is 0 Å². The maximum absolute atomic E-state index is 10.6. The molecule has 2 fully saturated rings. The summed E-state index contributed by atoms with van der Waals surface area (Å²) in [7, 11) is 5.98. The Morgan fingerprint density at radius 2 is 1.56 bits per heavy atom. The lowest BCUT2D eigenvalue weighted by atomic mass is 9.84. The molecule has 2 aliphatic heterocycles. The van der Waals surface area contributed by atoms with Crippen molar-refractivity contribution in [2.45, 2.75) is 31.4 Å². The number of alkyl halides is 6. The molecule has 2 aliphatic rings. The smallest absolute Gasteiger partial charge is 0.490 e. The molecule has 2 N–H and O–H groups in total. The Hall–Kier alpha value is -2.58. The second kappa shape index (κ2) is 13.7. The van der Waals surface area contributed by atoms with E-state index in [0.717, 1.165) is 31.4 Å². The fourth-order valence-electron chi connectivity index (χ4n) is 3.84. The summed E-state index contributed by atoms with van der Waals surface area (Å²) in [6.07, 6.45) is -8.47. The molecule has 0 radical (unpaired) electrons. The molecule has 1 aromatic carbocycles. The number of halogens is 6. The Balaban J connectivity index is 0.000000383. The molecule has 0 amide bonds. The number of hydrogen-bond acceptors (Lipinski definition) is 6. The predicted octanol–water partition coefficient (Wildman–Crippen LogP) is 3.36. The van der Waals surface area contributed by atoms with Crippen molar-refractivity contribution in [1.29, 1.82) is 0 Å². The molecule has 2 heterocycles. The maximum Gasteiger partial charge on any atom is 0.490 e. The number of methoxy groups -OCH3 is 1. The number of carbonyl (C=O) groups is 2. The lowest BCUT2D eigenvalue weighted by molar-refractivity contribution is -0.193. The number of aliphatic carboxylic acids is 2. The first-order valence-corrected chi connectivity index (χ1v) is 10.8. The summed E-state index contributed by atoms with van der Waals surface area (Å²) in [4.78, 5) is 22.6. The first-order valence-electron chi connectivity index (χ1n) is 10.8. The van der Waals surface area contributed by atoms with Crippen LogP contribution in [0.15, 0.2) is 24.3 Å². The Bertz CT molecular complexity index is 808. The highest BCUT2D eigenvalue weighted by Crippen LogP contribution is 2.35. The number of rotatable bonds is 5. The molecule has 2 saturated heterocycles. The molecular formula is C22H30F6N2O6. The van der Waals surface area contributed by atoms with Gasteiger partial charge in [-0.25, -0.2) is 9.59 Å². The zero-order valence-corrected chi connectivity index (χ0v) is 20.0. The lowest BCUT2D eigenvalue weighted by Gasteiger charge is -2.36. The Morgan fingerprint density at radius 1 is 1.06 bits per heavy atom. The molecule has 0 saturated carbocycles. The van der Waals surface area contributed by atoms with E-state index in [1.165, 1.54) is 25.1 Å². The van der Waals surface area contributed by atoms with Gasteiger partial charge in [0.1, 0.15) is 5.75 Å². The summed E-state index contributed by atoms with van der Waals surface area (Å²) in [5, 5.41) is 14.2. The van der Waals surface area contributed by atoms with E-state index < -0.39 is 24.3 Å². The molecule has 1 aromatic rings. The average molecular weight is 532 g/mol. The number of carboxylic acid groups (broad SMARTS) is 2. The number of hydrogen-bond donors (Lipinski definition) is 2. The van der Waals surface area contributed by atoms with Crippen LogP contribution in [0, 0.1) is 11.8 Å². The molecule has 36 heavy (non-hydrogen) atoms. The second-order valence-electron chi connectivity index (χ2n) is 8.54. The van der Waals surface area contributed by atoms with Crippen LogP contribution < -0.4 is 4.74 Å². The topological polar surface area (TPSA) is 99.5 Å². The summed E-state index contributed by atoms with van der Waals surface area (Å²) < 4.78 is 74.8. The summed E-state index contributed by atoms with van der Waals surface area (Å²) in [5.74, 6) is -3.13. The number of likely N-dealkylation sites (N-methyl/N-ethyl adjacent to an activating group) is 1. The van der Waals surface area contributed by atoms with Crippen LogP contribution in [0.25, 0.3) is 0 Å². The Morgan fingerprint density at radius 3 is 1.97 bits per heavy atom. The van der Waals surface area contributed by atoms with Crippen LogP contribution in [-0.2, 0) is 20.9 Å². The molecule has 3 atom stereocenters. The van der Waals surface area contributed by atoms with E-state index in [1.807, 2.05) is 12.1 Å². The standard InChI is InChI=1S/C18H28N2O2.2C2HF3O2/c1-19(2)12-18-17-8-9-20(11-15(17)13-22-18)10-14-4-6-16(21-3)7-5-14;2*3-2(4,5)1(6)7/h4-7,15,17-18H,8-13H2,1-3H3;2*(H,6,7)/t15-,17-,18+;;/m1../s1. The average Bonchev–Trinajstić information content (AvgIpc) is 3.15. The van der Waals surface area contributed by atoms with Gasteiger partial charge in [0.2, 0.25) is 0 Å². The van der Waals surface area contributed by atoms with Crippen molar-refractivity contribution in [2.24, 2.45) is 11.8 Å². The second-order valence-corrected chi connectivity index (χ2v) is 8.54. The number of benzene rings is 1. The fourth-order valence-corrected chi connectivity index (χ4v) is 3.84. The third-order valence-corrected chi connectivity index (χ3v) is 5.47. The van der Waals surface area contributed by atoms with Crippen LogP contribution in [0.1, 0.15) is 12.0 Å². The van der Waals surface area contributed by atoms with Crippen LogP contribution in [0.4, 0.5) is 26.3 Å². The molecule has 3 rings (SSSR count). The van der Waals surface area contributed by atoms with Gasteiger partial charge in [0.05, 0.1) is 19.8 Å². The van der Waals surface area contributed by atoms with Crippen molar-refractivity contribution < 1.29 is 55.6 Å². The van der Waals surface area contributed by atoms with Crippen molar-refractivity contribution in [3.8, 4) is 5.75 Å². The van der Waals surface area contributed by atoms with Crippen LogP contribution in [0.5, 0.6) is 5.75 Å². The highest BCUT2D eigenvalue weighted by molar-refractivity contribution is 5.73. The summed E-state index contributed by atoms with van der Waals surface area (Å²) in [6, 6.07) is 8.44. The van der Waals surface area contributed by atoms with E-state index in [9.17, 15) is 26.3 Å². The van der Waals surface area contributed by atoms with Gasteiger partial charge in [-0.05, 0) is 50.7 Å². The van der Waals surface area contributed by atoms with Gasteiger partial charge in [0, 0.05) is 25.6 Å². The number of fused-ring (bicyclic) bond motifs is 1. The SMILES string of the molecule is COc1ccc(CN2CC[C@@H]3[C@@H](CO[C@H]3CN(C)C)C2)cc1.O=C(O)C(F)(F)F.O=C(O)C(F)(F)F. The van der Waals surface area contributed by atoms with Gasteiger partial charge in [-0.3, -0.25) is 4.90 Å². The van der Waals surface area contributed by atoms with Gasteiger partial charge in [0.15, 0.2) is 0 Å². The van der Waals surface area contributed by atoms with E-state index in [-0.39, 0.29) is 0 Å². The van der Waals surface area contributed by atoms with Gasteiger partial charge in [-0.2, -0.15) is 26.3 Å². The predicted molar refractivity (Wildman–Crippen MR) is 116 cm³/mol. The van der Waals surface area contributed by atoms with Gasteiger partial charge < -0.3 is 24.6 Å². The highest BCUT2D eigenvalue weighted by atomic mass is 19.4. The molecule has 0 unspecified atom stereocenters. The van der Waals surface area contributed by atoms with Crippen molar-refractivity contribution in [1.82, 2.24) is 9.80 Å². The third-order valence-electron chi connectivity index (χ3n) is 5.47. The largest absolute Gasteiger partial charge is 0.497 e. The van der Waals surface area contributed by atoms with Gasteiger partial charge in [-0.1, -0.05) is 12.1 Å². The van der Waals surface area contributed by atoms with E-state index in [4.69, 9.17) is 29.3 Å². The van der Waals surface area contributed by atoms with Gasteiger partial charge in [-0.15, -0.1) is 0 Å². The van der Waals surface area contributed by atoms with E-state index in [0.29, 0.717) is 12.0 Å². The number of likely N-dealkylation sites (tertiary alicyclic amines) is 1. The third kappa shape index (κ3) is 11.0. The minimum atomic E-state index is -5.08. The zero-order chi connectivity index (χ0) is 27.7. The van der Waals surface area contributed by atoms with Crippen molar-refractivity contribution in [2.75, 3.05) is 47.4 Å². The van der Waals surface area contributed by atoms with Crippen LogP contribution in [0.3, 0.4) is 0 Å². The minimum absolute atomic E-state index is 0.433. The minimum Gasteiger partial charge on any atom is -0.497 e. The van der Waals surface area contributed by atoms with Crippen LogP contribution in [-0.4, -0.2) is 97.9 Å².